The van der Waals surface area contributed by atoms with E-state index in [1.807, 2.05) is 48.5 Å². The monoisotopic (exact) mass is 492 g/mol. The number of aliphatic carboxylic acids is 1. The van der Waals surface area contributed by atoms with Crippen LogP contribution in [0.1, 0.15) is 16.7 Å². The van der Waals surface area contributed by atoms with Gasteiger partial charge in [0.1, 0.15) is 18.1 Å². The minimum absolute atomic E-state index is 0.225. The third-order valence-corrected chi connectivity index (χ3v) is 5.55. The van der Waals surface area contributed by atoms with Crippen molar-refractivity contribution in [1.29, 1.82) is 0 Å². The molecule has 4 nitrogen and oxygen atoms in total. The van der Waals surface area contributed by atoms with E-state index in [4.69, 9.17) is 14.6 Å². The second-order valence-electron chi connectivity index (χ2n) is 8.26. The molecule has 0 heterocycles. The first kappa shape index (κ1) is 24.9. The van der Waals surface area contributed by atoms with E-state index in [9.17, 15) is 18.0 Å². The first-order chi connectivity index (χ1) is 17.2. The highest BCUT2D eigenvalue weighted by Gasteiger charge is 2.30. The second kappa shape index (κ2) is 10.6. The Balaban J connectivity index is 1.61. The Kier molecular flexibility index (Phi) is 7.29. The lowest BCUT2D eigenvalue weighted by molar-refractivity contribution is -0.139. The topological polar surface area (TPSA) is 55.8 Å². The Morgan fingerprint density at radius 1 is 0.778 bits per heavy atom. The maximum Gasteiger partial charge on any atom is 0.416 e. The maximum absolute atomic E-state index is 13.0. The van der Waals surface area contributed by atoms with Gasteiger partial charge in [0.05, 0.1) is 5.56 Å². The van der Waals surface area contributed by atoms with Crippen molar-refractivity contribution in [3.05, 3.63) is 108 Å². The summed E-state index contributed by atoms with van der Waals surface area (Å²) in [6.07, 6.45) is -4.39. The minimum atomic E-state index is -4.39. The van der Waals surface area contributed by atoms with Crippen LogP contribution in [0.25, 0.3) is 22.3 Å². The Bertz CT molecular complexity index is 1350. The Morgan fingerprint density at radius 2 is 1.42 bits per heavy atom. The summed E-state index contributed by atoms with van der Waals surface area (Å²) in [6.45, 7) is 1.59. The smallest absolute Gasteiger partial charge is 0.416 e. The minimum Gasteiger partial charge on any atom is -0.489 e. The average molecular weight is 492 g/mol. The van der Waals surface area contributed by atoms with Crippen molar-refractivity contribution in [3.8, 4) is 33.8 Å². The number of carboxylic acid groups (broad SMARTS) is 1. The van der Waals surface area contributed by atoms with Crippen molar-refractivity contribution in [2.75, 3.05) is 6.61 Å². The van der Waals surface area contributed by atoms with Crippen LogP contribution < -0.4 is 9.47 Å². The summed E-state index contributed by atoms with van der Waals surface area (Å²) in [5.74, 6) is -0.0198. The first-order valence-corrected chi connectivity index (χ1v) is 11.1. The molecule has 0 fully saturated rings. The van der Waals surface area contributed by atoms with Gasteiger partial charge in [0.2, 0.25) is 0 Å². The third kappa shape index (κ3) is 6.24. The number of benzene rings is 4. The van der Waals surface area contributed by atoms with Crippen LogP contribution in [-0.2, 0) is 17.6 Å². The molecule has 4 aromatic rings. The van der Waals surface area contributed by atoms with Crippen LogP contribution in [-0.4, -0.2) is 17.7 Å². The first-order valence-electron chi connectivity index (χ1n) is 11.1. The zero-order valence-corrected chi connectivity index (χ0v) is 19.4. The van der Waals surface area contributed by atoms with Gasteiger partial charge in [0.15, 0.2) is 6.61 Å². The molecule has 0 bridgehead atoms. The van der Waals surface area contributed by atoms with E-state index in [0.717, 1.165) is 39.9 Å². The molecular weight excluding hydrogens is 469 g/mol. The molecule has 0 saturated heterocycles. The lowest BCUT2D eigenvalue weighted by Crippen LogP contribution is -2.10. The predicted octanol–water partition coefficient (Wildman–Crippen LogP) is 7.39. The van der Waals surface area contributed by atoms with Crippen LogP contribution in [0.4, 0.5) is 13.2 Å². The molecule has 4 rings (SSSR count). The number of rotatable bonds is 8. The van der Waals surface area contributed by atoms with Gasteiger partial charge in [-0.25, -0.2) is 4.79 Å². The lowest BCUT2D eigenvalue weighted by atomic mass is 9.96. The molecule has 0 spiro atoms. The van der Waals surface area contributed by atoms with E-state index in [2.05, 4.69) is 0 Å². The summed E-state index contributed by atoms with van der Waals surface area (Å²) < 4.78 is 50.3. The number of carbonyl (C=O) groups is 1. The van der Waals surface area contributed by atoms with Crippen LogP contribution in [0.5, 0.6) is 11.5 Å². The number of hydrogen-bond acceptors (Lipinski definition) is 3. The summed E-state index contributed by atoms with van der Waals surface area (Å²) in [5.41, 5.74) is 4.21. The molecule has 1 N–H and O–H groups in total. The largest absolute Gasteiger partial charge is 0.489 e. The summed E-state index contributed by atoms with van der Waals surface area (Å²) >= 11 is 0. The average Bonchev–Trinajstić information content (AvgIpc) is 2.87. The number of hydrogen-bond donors (Lipinski definition) is 1. The predicted molar refractivity (Wildman–Crippen MR) is 131 cm³/mol. The van der Waals surface area contributed by atoms with Crippen molar-refractivity contribution in [2.45, 2.75) is 19.7 Å². The van der Waals surface area contributed by atoms with Gasteiger partial charge in [-0.1, -0.05) is 42.5 Å². The maximum atomic E-state index is 13.0. The van der Waals surface area contributed by atoms with Gasteiger partial charge in [0.25, 0.3) is 0 Å². The number of aryl methyl sites for hydroxylation is 1. The lowest BCUT2D eigenvalue weighted by Gasteiger charge is -2.14. The molecule has 0 saturated carbocycles. The standard InChI is InChI=1S/C29H23F3O4/c1-19-13-26(11-12-27(19)36-18-28(33)34)35-17-20-14-23(21-5-3-2-4-6-21)16-24(15-20)22-7-9-25(10-8-22)29(30,31)32/h2-16H,17-18H2,1H3,(H,33,34). The van der Waals surface area contributed by atoms with Crippen LogP contribution in [0, 0.1) is 6.92 Å². The highest BCUT2D eigenvalue weighted by atomic mass is 19.4. The van der Waals surface area contributed by atoms with Crippen LogP contribution in [0.2, 0.25) is 0 Å². The zero-order chi connectivity index (χ0) is 25.7. The van der Waals surface area contributed by atoms with Gasteiger partial charge in [0, 0.05) is 0 Å². The van der Waals surface area contributed by atoms with Crippen molar-refractivity contribution in [2.24, 2.45) is 0 Å². The molecule has 0 radical (unpaired) electrons. The molecule has 0 aliphatic rings. The van der Waals surface area contributed by atoms with E-state index < -0.39 is 24.3 Å². The Hall–Kier alpha value is -4.26. The van der Waals surface area contributed by atoms with Crippen LogP contribution >= 0.6 is 0 Å². The molecule has 0 amide bonds. The van der Waals surface area contributed by atoms with Gasteiger partial charge in [-0.15, -0.1) is 0 Å². The fourth-order valence-electron chi connectivity index (χ4n) is 3.77. The van der Waals surface area contributed by atoms with Gasteiger partial charge in [-0.3, -0.25) is 0 Å². The number of ether oxygens (including phenoxy) is 2. The van der Waals surface area contributed by atoms with E-state index in [1.54, 1.807) is 25.1 Å². The van der Waals surface area contributed by atoms with Gasteiger partial charge >= 0.3 is 12.1 Å². The van der Waals surface area contributed by atoms with E-state index in [0.29, 0.717) is 17.1 Å². The van der Waals surface area contributed by atoms with Crippen molar-refractivity contribution >= 4 is 5.97 Å². The Morgan fingerprint density at radius 3 is 2.00 bits per heavy atom. The highest BCUT2D eigenvalue weighted by molar-refractivity contribution is 5.74. The Labute approximate surface area is 206 Å². The molecule has 0 atom stereocenters. The SMILES string of the molecule is Cc1cc(OCc2cc(-c3ccccc3)cc(-c3ccc(C(F)(F)F)cc3)c2)ccc1OCC(=O)O. The summed E-state index contributed by atoms with van der Waals surface area (Å²) in [4.78, 5) is 10.7. The highest BCUT2D eigenvalue weighted by Crippen LogP contribution is 2.33. The van der Waals surface area contributed by atoms with E-state index in [-0.39, 0.29) is 6.61 Å². The van der Waals surface area contributed by atoms with E-state index >= 15 is 0 Å². The summed E-state index contributed by atoms with van der Waals surface area (Å²) in [7, 11) is 0. The number of halogens is 3. The van der Waals surface area contributed by atoms with Crippen molar-refractivity contribution < 1.29 is 32.5 Å². The molecule has 0 aliphatic heterocycles. The molecular formula is C29H23F3O4. The second-order valence-corrected chi connectivity index (χ2v) is 8.26. The normalized spacial score (nSPS) is 11.2. The third-order valence-electron chi connectivity index (χ3n) is 5.55. The molecule has 184 valence electrons. The van der Waals surface area contributed by atoms with Crippen LogP contribution in [0.3, 0.4) is 0 Å². The van der Waals surface area contributed by atoms with Gasteiger partial charge in [-0.05, 0) is 88.8 Å². The van der Waals surface area contributed by atoms with Gasteiger partial charge in [-0.2, -0.15) is 13.2 Å². The number of carboxylic acids is 1. The molecule has 0 aliphatic carbocycles. The van der Waals surface area contributed by atoms with Crippen molar-refractivity contribution in [3.63, 3.8) is 0 Å². The summed E-state index contributed by atoms with van der Waals surface area (Å²) in [5, 5.41) is 8.79. The fourth-order valence-corrected chi connectivity index (χ4v) is 3.77. The fraction of sp³-hybridized carbons (Fsp3) is 0.138. The molecule has 4 aromatic carbocycles. The van der Waals surface area contributed by atoms with Gasteiger partial charge < -0.3 is 14.6 Å². The van der Waals surface area contributed by atoms with Crippen LogP contribution in [0.15, 0.2) is 91.0 Å². The molecule has 7 heteroatoms. The molecule has 36 heavy (non-hydrogen) atoms. The quantitative estimate of drug-likeness (QED) is 0.279. The molecule has 0 unspecified atom stereocenters. The zero-order valence-electron chi connectivity index (χ0n) is 19.4. The van der Waals surface area contributed by atoms with E-state index in [1.165, 1.54) is 12.1 Å². The van der Waals surface area contributed by atoms with Crippen molar-refractivity contribution in [1.82, 2.24) is 0 Å². The molecule has 0 aromatic heterocycles. The summed E-state index contributed by atoms with van der Waals surface area (Å²) in [6, 6.07) is 25.7. The number of alkyl halides is 3.